The molecule has 0 spiro atoms. The zero-order valence-electron chi connectivity index (χ0n) is 39.2. The van der Waals surface area contributed by atoms with Gasteiger partial charge in [-0.1, -0.05) is 55.7 Å². The molecule has 0 bridgehead atoms. The summed E-state index contributed by atoms with van der Waals surface area (Å²) >= 11 is 2.55. The van der Waals surface area contributed by atoms with Crippen LogP contribution < -0.4 is 4.74 Å². The molecule has 0 amide bonds. The van der Waals surface area contributed by atoms with Gasteiger partial charge in [0.2, 0.25) is 0 Å². The van der Waals surface area contributed by atoms with Crippen molar-refractivity contribution in [1.29, 1.82) is 0 Å². The third-order valence-electron chi connectivity index (χ3n) is 15.0. The van der Waals surface area contributed by atoms with E-state index >= 15 is 0 Å². The molecule has 344 valence electrons. The van der Waals surface area contributed by atoms with E-state index in [1.807, 2.05) is 0 Å². The Morgan fingerprint density at radius 2 is 1.19 bits per heavy atom. The predicted molar refractivity (Wildman–Crippen MR) is 283 cm³/mol. The van der Waals surface area contributed by atoms with Crippen molar-refractivity contribution in [3.05, 3.63) is 220 Å². The average molecular weight is 1090 g/mol. The number of pyridine rings is 1. The van der Waals surface area contributed by atoms with E-state index in [9.17, 15) is 0 Å². The van der Waals surface area contributed by atoms with Crippen LogP contribution in [0.25, 0.3) is 83.4 Å². The number of ether oxygens (including phenoxy) is 1. The van der Waals surface area contributed by atoms with E-state index in [0.717, 1.165) is 73.5 Å². The molecule has 2 aliphatic rings. The van der Waals surface area contributed by atoms with Gasteiger partial charge in [0.1, 0.15) is 0 Å². The fraction of sp³-hybridized carbons (Fsp3) is 0.156. The van der Waals surface area contributed by atoms with Crippen molar-refractivity contribution in [2.45, 2.75) is 64.2 Å². The first kappa shape index (κ1) is 42.7. The van der Waals surface area contributed by atoms with Gasteiger partial charge in [-0.15, -0.1) is 0 Å². The minimum Gasteiger partial charge on any atom is -0.0581 e. The first-order valence-corrected chi connectivity index (χ1v) is 26.1. The van der Waals surface area contributed by atoms with Gasteiger partial charge in [-0.2, -0.15) is 0 Å². The predicted octanol–water partition coefficient (Wildman–Crippen LogP) is 16.6. The molecule has 70 heavy (non-hydrogen) atoms. The Bertz CT molecular complexity index is 3840. The van der Waals surface area contributed by atoms with Gasteiger partial charge in [0.05, 0.1) is 0 Å². The standard InChI is InChI=1S/C64H52N4O.Pt/c1-43-37-62(65-41-57(43)47-33-31-45(32-34-47)44-17-5-2-6-18-44)68-58-28-12-11-26-54(58)55-36-35-52(40-61(55)68)69-51-25-16-24-50(39-51)66-42-67(60-30-14-13-29-59(60)66)64-56(46-19-7-3-8-20-46)38-49-23-15-27-53(49)63(64)48-21-9-4-10-22-48;/h3-4,7-14,16,19-22,24-26,28-41,44H,2,5-6,15,17-18,23,27H2,1H3;. The Hall–Kier alpha value is -7.33. The molecule has 1 fully saturated rings. The summed E-state index contributed by atoms with van der Waals surface area (Å²) in [7, 11) is 0. The number of aryl methyl sites for hydroxylation is 2. The Morgan fingerprint density at radius 1 is 0.514 bits per heavy atom. The quantitative estimate of drug-likeness (QED) is 0.144. The molecule has 0 N–H and O–H groups in total. The number of hydrogen-bond acceptors (Lipinski definition) is 2. The third-order valence-corrected chi connectivity index (χ3v) is 16.0. The van der Waals surface area contributed by atoms with Gasteiger partial charge in [-0.05, 0) is 42.4 Å². The first-order chi connectivity index (χ1) is 34.6. The maximum atomic E-state index is 6.88. The molecule has 5 nitrogen and oxygen atoms in total. The molecular formula is C64H52N4OPt. The Morgan fingerprint density at radius 3 is 1.96 bits per heavy atom. The maximum absolute atomic E-state index is 6.88. The van der Waals surface area contributed by atoms with Crippen LogP contribution in [-0.2, 0) is 32.2 Å². The molecule has 0 atom stereocenters. The fourth-order valence-electron chi connectivity index (χ4n) is 11.7. The second kappa shape index (κ2) is 17.9. The van der Waals surface area contributed by atoms with Gasteiger partial charge in [0, 0.05) is 11.8 Å². The summed E-state index contributed by atoms with van der Waals surface area (Å²) in [6.07, 6.45) is 12.1. The van der Waals surface area contributed by atoms with Crippen LogP contribution in [0.4, 0.5) is 0 Å². The molecule has 2 aliphatic carbocycles. The van der Waals surface area contributed by atoms with Gasteiger partial charge in [-0.25, -0.2) is 0 Å². The van der Waals surface area contributed by atoms with E-state index < -0.39 is 0 Å². The molecule has 13 rings (SSSR count). The summed E-state index contributed by atoms with van der Waals surface area (Å²) in [6, 6.07) is 68.3. The zero-order chi connectivity index (χ0) is 46.7. The van der Waals surface area contributed by atoms with Crippen LogP contribution in [0.3, 0.4) is 0 Å². The van der Waals surface area contributed by atoms with Crippen molar-refractivity contribution in [3.8, 4) is 62.1 Å². The number of para-hydroxylation sites is 3. The van der Waals surface area contributed by atoms with Crippen molar-refractivity contribution in [1.82, 2.24) is 18.7 Å². The van der Waals surface area contributed by atoms with Crippen LogP contribution in [0.2, 0.25) is 0 Å². The van der Waals surface area contributed by atoms with Crippen LogP contribution in [0.15, 0.2) is 194 Å². The Labute approximate surface area is 419 Å². The molecule has 3 aromatic heterocycles. The smallest absolute Gasteiger partial charge is 0.0581 e. The number of benzene rings is 8. The molecular weight excluding hydrogens is 1040 g/mol. The summed E-state index contributed by atoms with van der Waals surface area (Å²) in [4.78, 5) is 5.17. The Balaban J connectivity index is 0.893. The summed E-state index contributed by atoms with van der Waals surface area (Å²) in [6.45, 7) is 2.21. The number of hydrogen-bond donors (Lipinski definition) is 0. The SMILES string of the molecule is Cc1cc(-n2c3ccccc3c3ccc(Oc4cccc(-n5[c](=[Pt])n(-c6c(-c7ccccc7)cc7c(c6-c6ccccc6)CCC7)c6ccccc65)c4)cc32)ncc1-c1ccc(C2CCCCC2)cc1. The fourth-order valence-corrected chi connectivity index (χ4v) is 12.8. The van der Waals surface area contributed by atoms with Crippen LogP contribution in [-0.4, -0.2) is 18.7 Å². The van der Waals surface area contributed by atoms with Crippen molar-refractivity contribution in [2.24, 2.45) is 0 Å². The van der Waals surface area contributed by atoms with Gasteiger partial charge in [-0.3, -0.25) is 0 Å². The minimum absolute atomic E-state index is 0.692. The van der Waals surface area contributed by atoms with Gasteiger partial charge in [0.15, 0.2) is 0 Å². The van der Waals surface area contributed by atoms with E-state index in [2.05, 4.69) is 234 Å². The number of imidazole rings is 1. The van der Waals surface area contributed by atoms with Crippen molar-refractivity contribution >= 4 is 32.8 Å². The van der Waals surface area contributed by atoms with Crippen molar-refractivity contribution in [3.63, 3.8) is 0 Å². The summed E-state index contributed by atoms with van der Waals surface area (Å²) in [5.41, 5.74) is 19.7. The zero-order valence-corrected chi connectivity index (χ0v) is 41.5. The van der Waals surface area contributed by atoms with E-state index in [1.165, 1.54) is 98.8 Å². The average Bonchev–Trinajstić information content (AvgIpc) is 4.11. The molecule has 6 heteroatoms. The van der Waals surface area contributed by atoms with Crippen LogP contribution in [0, 0.1) is 10.7 Å². The number of nitrogens with zero attached hydrogens (tertiary/aromatic N) is 4. The van der Waals surface area contributed by atoms with Crippen LogP contribution in [0.1, 0.15) is 66.7 Å². The molecule has 0 saturated heterocycles. The normalized spacial score (nSPS) is 13.9. The van der Waals surface area contributed by atoms with E-state index in [4.69, 9.17) is 9.72 Å². The summed E-state index contributed by atoms with van der Waals surface area (Å²) in [5, 5.41) is 2.34. The van der Waals surface area contributed by atoms with E-state index in [-0.39, 0.29) is 0 Å². The van der Waals surface area contributed by atoms with Gasteiger partial charge < -0.3 is 0 Å². The number of fused-ring (bicyclic) bond motifs is 5. The number of aromatic nitrogens is 4. The topological polar surface area (TPSA) is 36.9 Å². The minimum atomic E-state index is 0.692. The van der Waals surface area contributed by atoms with Crippen LogP contribution in [0.5, 0.6) is 11.5 Å². The Kier molecular flexibility index (Phi) is 10.9. The van der Waals surface area contributed by atoms with Gasteiger partial charge in [0.25, 0.3) is 0 Å². The van der Waals surface area contributed by atoms with Gasteiger partial charge >= 0.3 is 312 Å². The summed E-state index contributed by atoms with van der Waals surface area (Å²) in [5.74, 6) is 3.11. The summed E-state index contributed by atoms with van der Waals surface area (Å²) < 4.78 is 15.1. The molecule has 3 heterocycles. The molecule has 0 unspecified atom stereocenters. The van der Waals surface area contributed by atoms with E-state index in [0.29, 0.717) is 5.92 Å². The van der Waals surface area contributed by atoms with E-state index in [1.54, 1.807) is 0 Å². The number of rotatable bonds is 9. The first-order valence-electron chi connectivity index (χ1n) is 24.9. The second-order valence-electron chi connectivity index (χ2n) is 19.2. The molecule has 1 saturated carbocycles. The molecule has 0 radical (unpaired) electrons. The van der Waals surface area contributed by atoms with Crippen molar-refractivity contribution in [2.75, 3.05) is 0 Å². The second-order valence-corrected chi connectivity index (χ2v) is 20.2. The van der Waals surface area contributed by atoms with Crippen LogP contribution >= 0.6 is 0 Å². The van der Waals surface area contributed by atoms with Crippen molar-refractivity contribution < 1.29 is 24.1 Å². The molecule has 11 aromatic rings. The monoisotopic (exact) mass is 1090 g/mol. The molecule has 8 aromatic carbocycles. The third kappa shape index (κ3) is 7.42. The molecule has 0 aliphatic heterocycles.